The van der Waals surface area contributed by atoms with Gasteiger partial charge in [0.1, 0.15) is 0 Å². The van der Waals surface area contributed by atoms with Crippen LogP contribution in [0, 0.1) is 40.4 Å². The monoisotopic (exact) mass is 314 g/mol. The minimum atomic E-state index is 0.508. The largest absolute Gasteiger partial charge is 0.0993 e. The maximum atomic E-state index is 4.47. The van der Waals surface area contributed by atoms with Gasteiger partial charge in [0, 0.05) is 0 Å². The van der Waals surface area contributed by atoms with Crippen molar-refractivity contribution < 1.29 is 0 Å². The van der Waals surface area contributed by atoms with E-state index in [1.54, 1.807) is 18.4 Å². The van der Waals surface area contributed by atoms with Gasteiger partial charge in [-0.15, -0.1) is 0 Å². The zero-order valence-corrected chi connectivity index (χ0v) is 15.9. The van der Waals surface area contributed by atoms with Crippen molar-refractivity contribution in [2.45, 2.75) is 91.4 Å². The average Bonchev–Trinajstić information content (AvgIpc) is 2.82. The first kappa shape index (κ1) is 16.2. The minimum Gasteiger partial charge on any atom is -0.0993 e. The first-order chi connectivity index (χ1) is 11.0. The highest BCUT2D eigenvalue weighted by molar-refractivity contribution is 5.21. The maximum absolute atomic E-state index is 4.47. The lowest BCUT2D eigenvalue weighted by atomic mass is 9.46. The SMILES string of the molecule is C=C1CCC2C3CCC4(C)CC(CCC)CCC4C3CCC12C. The summed E-state index contributed by atoms with van der Waals surface area (Å²) in [6, 6.07) is 0. The lowest BCUT2D eigenvalue weighted by molar-refractivity contribution is -0.0920. The molecule has 7 unspecified atom stereocenters. The Balaban J connectivity index is 1.55. The Hall–Kier alpha value is -0.260. The second-order valence-corrected chi connectivity index (χ2v) is 10.3. The molecule has 0 bridgehead atoms. The van der Waals surface area contributed by atoms with E-state index in [9.17, 15) is 0 Å². The molecule has 0 spiro atoms. The summed E-state index contributed by atoms with van der Waals surface area (Å²) in [5.74, 6) is 5.16. The van der Waals surface area contributed by atoms with E-state index in [-0.39, 0.29) is 0 Å². The molecular formula is C23H38. The second kappa shape index (κ2) is 5.63. The number of fused-ring (bicyclic) bond motifs is 5. The quantitative estimate of drug-likeness (QED) is 0.481. The van der Waals surface area contributed by atoms with Crippen molar-refractivity contribution in [2.24, 2.45) is 40.4 Å². The van der Waals surface area contributed by atoms with Gasteiger partial charge in [0.2, 0.25) is 0 Å². The van der Waals surface area contributed by atoms with Crippen molar-refractivity contribution in [1.82, 2.24) is 0 Å². The third-order valence-electron chi connectivity index (χ3n) is 9.25. The van der Waals surface area contributed by atoms with Crippen LogP contribution in [0.4, 0.5) is 0 Å². The fourth-order valence-corrected chi connectivity index (χ4v) is 7.98. The standard InChI is InChI=1S/C23H38/c1-5-6-17-8-10-20-18-12-14-23(4)16(2)7-9-21(23)19(18)11-13-22(20,3)15-17/h17-21H,2,5-15H2,1,3-4H3. The molecule has 0 aromatic rings. The lowest BCUT2D eigenvalue weighted by Crippen LogP contribution is -2.51. The van der Waals surface area contributed by atoms with Crippen molar-refractivity contribution in [3.8, 4) is 0 Å². The molecule has 0 heterocycles. The van der Waals surface area contributed by atoms with E-state index in [4.69, 9.17) is 0 Å². The Morgan fingerprint density at radius 2 is 1.70 bits per heavy atom. The van der Waals surface area contributed by atoms with Crippen molar-refractivity contribution in [2.75, 3.05) is 0 Å². The molecule has 0 amide bonds. The van der Waals surface area contributed by atoms with Crippen LogP contribution in [0.2, 0.25) is 0 Å². The van der Waals surface area contributed by atoms with Gasteiger partial charge in [0.25, 0.3) is 0 Å². The molecule has 7 atom stereocenters. The highest BCUT2D eigenvalue weighted by atomic mass is 14.6. The number of rotatable bonds is 2. The first-order valence-corrected chi connectivity index (χ1v) is 10.7. The van der Waals surface area contributed by atoms with Crippen LogP contribution in [-0.2, 0) is 0 Å². The summed E-state index contributed by atoms with van der Waals surface area (Å²) in [6.45, 7) is 12.1. The van der Waals surface area contributed by atoms with Gasteiger partial charge in [-0.1, -0.05) is 52.2 Å². The van der Waals surface area contributed by atoms with Crippen molar-refractivity contribution in [3.63, 3.8) is 0 Å². The van der Waals surface area contributed by atoms with Gasteiger partial charge in [0.05, 0.1) is 0 Å². The summed E-state index contributed by atoms with van der Waals surface area (Å²) in [5.41, 5.74) is 2.79. The van der Waals surface area contributed by atoms with E-state index >= 15 is 0 Å². The van der Waals surface area contributed by atoms with Crippen LogP contribution in [0.3, 0.4) is 0 Å². The van der Waals surface area contributed by atoms with Gasteiger partial charge in [-0.2, -0.15) is 0 Å². The highest BCUT2D eigenvalue weighted by Crippen LogP contribution is 2.66. The molecule has 0 aromatic carbocycles. The summed E-state index contributed by atoms with van der Waals surface area (Å²) < 4.78 is 0. The predicted octanol–water partition coefficient (Wildman–Crippen LogP) is 7.00. The van der Waals surface area contributed by atoms with Crippen molar-refractivity contribution in [1.29, 1.82) is 0 Å². The molecule has 0 aromatic heterocycles. The van der Waals surface area contributed by atoms with Crippen molar-refractivity contribution >= 4 is 0 Å². The molecular weight excluding hydrogens is 276 g/mol. The molecule has 4 saturated carbocycles. The molecule has 0 radical (unpaired) electrons. The second-order valence-electron chi connectivity index (χ2n) is 10.3. The Kier molecular flexibility index (Phi) is 3.97. The zero-order chi connectivity index (χ0) is 16.2. The van der Waals surface area contributed by atoms with Gasteiger partial charge < -0.3 is 0 Å². The normalized spacial score (nSPS) is 52.7. The third-order valence-corrected chi connectivity index (χ3v) is 9.25. The third kappa shape index (κ3) is 2.37. The molecule has 0 aliphatic heterocycles. The van der Waals surface area contributed by atoms with E-state index in [2.05, 4.69) is 27.4 Å². The summed E-state index contributed by atoms with van der Waals surface area (Å²) >= 11 is 0. The van der Waals surface area contributed by atoms with Crippen molar-refractivity contribution in [3.05, 3.63) is 12.2 Å². The van der Waals surface area contributed by atoms with Gasteiger partial charge in [-0.25, -0.2) is 0 Å². The smallest absolute Gasteiger partial charge is 0.00879 e. The van der Waals surface area contributed by atoms with Gasteiger partial charge in [0.15, 0.2) is 0 Å². The molecule has 130 valence electrons. The van der Waals surface area contributed by atoms with Crippen LogP contribution in [0.15, 0.2) is 12.2 Å². The van der Waals surface area contributed by atoms with Crippen LogP contribution in [0.5, 0.6) is 0 Å². The van der Waals surface area contributed by atoms with Gasteiger partial charge >= 0.3 is 0 Å². The fraction of sp³-hybridized carbons (Fsp3) is 0.913. The molecule has 4 aliphatic rings. The van der Waals surface area contributed by atoms with Gasteiger partial charge in [-0.3, -0.25) is 0 Å². The molecule has 0 nitrogen and oxygen atoms in total. The Labute approximate surface area is 144 Å². The first-order valence-electron chi connectivity index (χ1n) is 10.7. The topological polar surface area (TPSA) is 0 Å². The van der Waals surface area contributed by atoms with Crippen LogP contribution in [0.1, 0.15) is 91.4 Å². The molecule has 4 rings (SSSR count). The van der Waals surface area contributed by atoms with E-state index in [1.807, 2.05) is 0 Å². The van der Waals surface area contributed by atoms with E-state index in [0.717, 1.165) is 29.6 Å². The number of hydrogen-bond acceptors (Lipinski definition) is 0. The maximum Gasteiger partial charge on any atom is -0.00879 e. The van der Waals surface area contributed by atoms with E-state index in [0.29, 0.717) is 10.8 Å². The average molecular weight is 315 g/mol. The number of hydrogen-bond donors (Lipinski definition) is 0. The number of allylic oxidation sites excluding steroid dienone is 1. The molecule has 0 saturated heterocycles. The molecule has 23 heavy (non-hydrogen) atoms. The van der Waals surface area contributed by atoms with Crippen LogP contribution < -0.4 is 0 Å². The van der Waals surface area contributed by atoms with Crippen LogP contribution in [-0.4, -0.2) is 0 Å². The van der Waals surface area contributed by atoms with Gasteiger partial charge in [-0.05, 0) is 91.8 Å². The lowest BCUT2D eigenvalue weighted by Gasteiger charge is -2.59. The predicted molar refractivity (Wildman–Crippen MR) is 99.3 cm³/mol. The molecule has 0 heteroatoms. The van der Waals surface area contributed by atoms with Crippen LogP contribution in [0.25, 0.3) is 0 Å². The summed E-state index contributed by atoms with van der Waals surface area (Å²) in [5, 5.41) is 0. The summed E-state index contributed by atoms with van der Waals surface area (Å²) in [6.07, 6.45) is 16.3. The Morgan fingerprint density at radius 3 is 2.48 bits per heavy atom. The zero-order valence-electron chi connectivity index (χ0n) is 15.9. The van der Waals surface area contributed by atoms with E-state index in [1.165, 1.54) is 57.8 Å². The molecule has 4 fully saturated rings. The molecule has 4 aliphatic carbocycles. The molecule has 0 N–H and O–H groups in total. The Bertz CT molecular complexity index is 476. The summed E-state index contributed by atoms with van der Waals surface area (Å²) in [4.78, 5) is 0. The minimum absolute atomic E-state index is 0.508. The Morgan fingerprint density at radius 1 is 0.957 bits per heavy atom. The highest BCUT2D eigenvalue weighted by Gasteiger charge is 2.57. The van der Waals surface area contributed by atoms with E-state index < -0.39 is 0 Å². The van der Waals surface area contributed by atoms with Crippen LogP contribution >= 0.6 is 0 Å². The summed E-state index contributed by atoms with van der Waals surface area (Å²) in [7, 11) is 0. The fourth-order valence-electron chi connectivity index (χ4n) is 7.98.